The second-order valence-corrected chi connectivity index (χ2v) is 4.33. The number of benzene rings is 1. The molecule has 4 nitrogen and oxygen atoms in total. The summed E-state index contributed by atoms with van der Waals surface area (Å²) in [7, 11) is 0. The Morgan fingerprint density at radius 3 is 2.61 bits per heavy atom. The summed E-state index contributed by atoms with van der Waals surface area (Å²) in [5.41, 5.74) is 4.10. The first-order valence-corrected chi connectivity index (χ1v) is 5.92. The molecule has 0 saturated carbocycles. The predicted octanol–water partition coefficient (Wildman–Crippen LogP) is 2.20. The largest absolute Gasteiger partial charge is 0.392 e. The molecule has 0 spiro atoms. The lowest BCUT2D eigenvalue weighted by atomic mass is 10.1. The molecule has 1 aromatic carbocycles. The standard InChI is InChI=1S/C14H17N3O/c1-10-6-14(17-16-11(10)2)15-8-12-4-3-5-13(7-12)9-18/h3-7,18H,8-9H2,1-2H3,(H,15,17). The predicted molar refractivity (Wildman–Crippen MR) is 71.2 cm³/mol. The van der Waals surface area contributed by atoms with Crippen molar-refractivity contribution in [3.63, 3.8) is 0 Å². The van der Waals surface area contributed by atoms with E-state index >= 15 is 0 Å². The van der Waals surface area contributed by atoms with Crippen molar-refractivity contribution in [2.45, 2.75) is 27.0 Å². The minimum Gasteiger partial charge on any atom is -0.392 e. The highest BCUT2D eigenvalue weighted by molar-refractivity contribution is 5.38. The molecule has 94 valence electrons. The Morgan fingerprint density at radius 2 is 1.89 bits per heavy atom. The fourth-order valence-electron chi connectivity index (χ4n) is 1.66. The SMILES string of the molecule is Cc1cc(NCc2cccc(CO)c2)nnc1C. The molecule has 1 aromatic heterocycles. The first-order valence-electron chi connectivity index (χ1n) is 5.92. The van der Waals surface area contributed by atoms with Crippen molar-refractivity contribution in [3.05, 3.63) is 52.7 Å². The molecule has 18 heavy (non-hydrogen) atoms. The molecule has 0 aliphatic carbocycles. The Labute approximate surface area is 107 Å². The summed E-state index contributed by atoms with van der Waals surface area (Å²) in [6.45, 7) is 4.70. The Kier molecular flexibility index (Phi) is 3.89. The van der Waals surface area contributed by atoms with Crippen LogP contribution in [0.25, 0.3) is 0 Å². The van der Waals surface area contributed by atoms with Crippen LogP contribution in [0.3, 0.4) is 0 Å². The van der Waals surface area contributed by atoms with Crippen LogP contribution in [0, 0.1) is 13.8 Å². The monoisotopic (exact) mass is 243 g/mol. The molecular weight excluding hydrogens is 226 g/mol. The van der Waals surface area contributed by atoms with Crippen LogP contribution in [0.2, 0.25) is 0 Å². The summed E-state index contributed by atoms with van der Waals surface area (Å²) in [4.78, 5) is 0. The molecule has 0 saturated heterocycles. The number of aromatic nitrogens is 2. The van der Waals surface area contributed by atoms with Crippen LogP contribution >= 0.6 is 0 Å². The van der Waals surface area contributed by atoms with Crippen molar-refractivity contribution in [3.8, 4) is 0 Å². The maximum absolute atomic E-state index is 9.07. The van der Waals surface area contributed by atoms with Gasteiger partial charge in [0.15, 0.2) is 0 Å². The van der Waals surface area contributed by atoms with Crippen molar-refractivity contribution in [1.29, 1.82) is 0 Å². The smallest absolute Gasteiger partial charge is 0.149 e. The van der Waals surface area contributed by atoms with E-state index < -0.39 is 0 Å². The summed E-state index contributed by atoms with van der Waals surface area (Å²) in [5.74, 6) is 0.771. The number of hydrogen-bond acceptors (Lipinski definition) is 4. The van der Waals surface area contributed by atoms with Crippen molar-refractivity contribution in [2.24, 2.45) is 0 Å². The maximum atomic E-state index is 9.07. The van der Waals surface area contributed by atoms with Gasteiger partial charge in [-0.2, -0.15) is 5.10 Å². The number of nitrogens with one attached hydrogen (secondary N) is 1. The van der Waals surface area contributed by atoms with Crippen molar-refractivity contribution in [2.75, 3.05) is 5.32 Å². The Hall–Kier alpha value is -1.94. The van der Waals surface area contributed by atoms with Gasteiger partial charge in [-0.25, -0.2) is 0 Å². The highest BCUT2D eigenvalue weighted by Crippen LogP contribution is 2.11. The third-order valence-corrected chi connectivity index (χ3v) is 2.88. The summed E-state index contributed by atoms with van der Waals surface area (Å²) >= 11 is 0. The molecular formula is C14H17N3O. The average Bonchev–Trinajstić information content (AvgIpc) is 2.40. The first-order chi connectivity index (χ1) is 8.69. The average molecular weight is 243 g/mol. The molecule has 0 radical (unpaired) electrons. The fourth-order valence-corrected chi connectivity index (χ4v) is 1.66. The van der Waals surface area contributed by atoms with E-state index in [9.17, 15) is 0 Å². The van der Waals surface area contributed by atoms with E-state index in [2.05, 4.69) is 15.5 Å². The van der Waals surface area contributed by atoms with Crippen molar-refractivity contribution in [1.82, 2.24) is 10.2 Å². The zero-order valence-corrected chi connectivity index (χ0v) is 10.6. The highest BCUT2D eigenvalue weighted by Gasteiger charge is 2.00. The van der Waals surface area contributed by atoms with Crippen LogP contribution in [0.5, 0.6) is 0 Å². The number of aliphatic hydroxyl groups is 1. The highest BCUT2D eigenvalue weighted by atomic mass is 16.3. The van der Waals surface area contributed by atoms with Crippen LogP contribution in [-0.2, 0) is 13.2 Å². The van der Waals surface area contributed by atoms with E-state index in [0.29, 0.717) is 6.54 Å². The molecule has 1 heterocycles. The number of nitrogens with zero attached hydrogens (tertiary/aromatic N) is 2. The van der Waals surface area contributed by atoms with Crippen LogP contribution < -0.4 is 5.32 Å². The van der Waals surface area contributed by atoms with Gasteiger partial charge in [-0.05, 0) is 36.6 Å². The summed E-state index contributed by atoms with van der Waals surface area (Å²) in [5, 5.41) is 20.5. The molecule has 0 atom stereocenters. The minimum absolute atomic E-state index is 0.0668. The zero-order valence-electron chi connectivity index (χ0n) is 10.6. The van der Waals surface area contributed by atoms with Gasteiger partial charge in [0, 0.05) is 6.54 Å². The van der Waals surface area contributed by atoms with Gasteiger partial charge in [-0.15, -0.1) is 5.10 Å². The second-order valence-electron chi connectivity index (χ2n) is 4.33. The van der Waals surface area contributed by atoms with E-state index in [4.69, 9.17) is 5.11 Å². The maximum Gasteiger partial charge on any atom is 0.149 e. The van der Waals surface area contributed by atoms with Gasteiger partial charge in [-0.3, -0.25) is 0 Å². The van der Waals surface area contributed by atoms with Crippen LogP contribution in [-0.4, -0.2) is 15.3 Å². The van der Waals surface area contributed by atoms with E-state index in [1.807, 2.05) is 44.2 Å². The molecule has 0 aliphatic rings. The van der Waals surface area contributed by atoms with Gasteiger partial charge >= 0.3 is 0 Å². The van der Waals surface area contributed by atoms with Gasteiger partial charge < -0.3 is 10.4 Å². The lowest BCUT2D eigenvalue weighted by molar-refractivity contribution is 0.281. The summed E-state index contributed by atoms with van der Waals surface area (Å²) in [6.07, 6.45) is 0. The lowest BCUT2D eigenvalue weighted by Crippen LogP contribution is -2.04. The van der Waals surface area contributed by atoms with Gasteiger partial charge in [-0.1, -0.05) is 24.3 Å². The van der Waals surface area contributed by atoms with Gasteiger partial charge in [0.2, 0.25) is 0 Å². The molecule has 0 unspecified atom stereocenters. The fraction of sp³-hybridized carbons (Fsp3) is 0.286. The number of hydrogen-bond donors (Lipinski definition) is 2. The van der Waals surface area contributed by atoms with E-state index in [1.54, 1.807) is 0 Å². The van der Waals surface area contributed by atoms with Gasteiger partial charge in [0.05, 0.1) is 12.3 Å². The van der Waals surface area contributed by atoms with E-state index in [-0.39, 0.29) is 6.61 Å². The summed E-state index contributed by atoms with van der Waals surface area (Å²) in [6, 6.07) is 9.81. The Morgan fingerprint density at radius 1 is 1.11 bits per heavy atom. The Bertz CT molecular complexity index is 540. The molecule has 0 amide bonds. The molecule has 2 rings (SSSR count). The Balaban J connectivity index is 2.04. The van der Waals surface area contributed by atoms with Crippen LogP contribution in [0.4, 0.5) is 5.82 Å². The van der Waals surface area contributed by atoms with Crippen molar-refractivity contribution >= 4 is 5.82 Å². The van der Waals surface area contributed by atoms with Crippen LogP contribution in [0.1, 0.15) is 22.4 Å². The third kappa shape index (κ3) is 3.05. The first kappa shape index (κ1) is 12.5. The molecule has 2 N–H and O–H groups in total. The normalized spacial score (nSPS) is 10.4. The zero-order chi connectivity index (χ0) is 13.0. The van der Waals surface area contributed by atoms with Crippen molar-refractivity contribution < 1.29 is 5.11 Å². The van der Waals surface area contributed by atoms with Gasteiger partial charge in [0.1, 0.15) is 5.82 Å². The third-order valence-electron chi connectivity index (χ3n) is 2.88. The topological polar surface area (TPSA) is 58.0 Å². The second kappa shape index (κ2) is 5.60. The van der Waals surface area contributed by atoms with Crippen LogP contribution in [0.15, 0.2) is 30.3 Å². The lowest BCUT2D eigenvalue weighted by Gasteiger charge is -2.07. The number of anilines is 1. The molecule has 4 heteroatoms. The molecule has 0 aliphatic heterocycles. The van der Waals surface area contributed by atoms with E-state index in [1.165, 1.54) is 0 Å². The molecule has 0 bridgehead atoms. The van der Waals surface area contributed by atoms with E-state index in [0.717, 1.165) is 28.2 Å². The molecule has 0 fully saturated rings. The number of aryl methyl sites for hydroxylation is 2. The summed E-state index contributed by atoms with van der Waals surface area (Å²) < 4.78 is 0. The quantitative estimate of drug-likeness (QED) is 0.864. The minimum atomic E-state index is 0.0668. The number of aliphatic hydroxyl groups excluding tert-OH is 1. The molecule has 2 aromatic rings. The number of rotatable bonds is 4. The van der Waals surface area contributed by atoms with Gasteiger partial charge in [0.25, 0.3) is 0 Å².